The van der Waals surface area contributed by atoms with Crippen molar-refractivity contribution >= 4 is 23.4 Å². The summed E-state index contributed by atoms with van der Waals surface area (Å²) in [7, 11) is 0. The van der Waals surface area contributed by atoms with Gasteiger partial charge in [-0.15, -0.1) is 11.8 Å². The van der Waals surface area contributed by atoms with E-state index in [4.69, 9.17) is 0 Å². The number of hydrogen-bond acceptors (Lipinski definition) is 3. The Morgan fingerprint density at radius 3 is 3.06 bits per heavy atom. The smallest absolute Gasteiger partial charge is 0.242 e. The van der Waals surface area contributed by atoms with Gasteiger partial charge < -0.3 is 5.32 Å². The van der Waals surface area contributed by atoms with Gasteiger partial charge in [0.25, 0.3) is 0 Å². The van der Waals surface area contributed by atoms with Gasteiger partial charge in [-0.1, -0.05) is 6.07 Å². The highest BCUT2D eigenvalue weighted by Gasteiger charge is 2.22. The van der Waals surface area contributed by atoms with Crippen LogP contribution in [0.25, 0.3) is 0 Å². The molecule has 16 heavy (non-hydrogen) atoms. The minimum atomic E-state index is -0.390. The number of carbonyl (C=O) groups is 1. The summed E-state index contributed by atoms with van der Waals surface area (Å²) in [5.74, 6) is 0.945. The topological polar surface area (TPSA) is 41.1 Å². The van der Waals surface area contributed by atoms with Gasteiger partial charge in [0.15, 0.2) is 0 Å². The van der Waals surface area contributed by atoms with Crippen LogP contribution in [-0.4, -0.2) is 23.6 Å². The van der Waals surface area contributed by atoms with E-state index in [1.54, 1.807) is 23.9 Å². The Hall–Kier alpha value is -1.07. The third kappa shape index (κ3) is 2.54. The molecule has 2 rings (SSSR count). The number of thioether (sulfide) groups is 1. The molecule has 1 aromatic carbocycles. The summed E-state index contributed by atoms with van der Waals surface area (Å²) in [5.41, 5.74) is 1.08. The highest BCUT2D eigenvalue weighted by molar-refractivity contribution is 7.99. The fourth-order valence-electron chi connectivity index (χ4n) is 1.50. The fraction of sp³-hybridized carbons (Fsp3) is 0.364. The first-order chi connectivity index (χ1) is 7.66. The Morgan fingerprint density at radius 2 is 2.44 bits per heavy atom. The summed E-state index contributed by atoms with van der Waals surface area (Å²) >= 11 is 1.66. The Balaban J connectivity index is 2.05. The predicted octanol–water partition coefficient (Wildman–Crippen LogP) is 1.74. The molecule has 1 aliphatic heterocycles. The summed E-state index contributed by atoms with van der Waals surface area (Å²) in [6, 6.07) is 4.55. The highest BCUT2D eigenvalue weighted by atomic mass is 32.2. The van der Waals surface area contributed by atoms with Crippen LogP contribution in [0.1, 0.15) is 5.56 Å². The maximum Gasteiger partial charge on any atom is 0.242 e. The van der Waals surface area contributed by atoms with E-state index in [9.17, 15) is 9.18 Å². The van der Waals surface area contributed by atoms with Crippen LogP contribution in [0, 0.1) is 12.7 Å². The average Bonchev–Trinajstić information content (AvgIpc) is 2.75. The number of carbonyl (C=O) groups excluding carboxylic acids is 1. The van der Waals surface area contributed by atoms with E-state index in [1.807, 2.05) is 6.92 Å². The third-order valence-electron chi connectivity index (χ3n) is 2.42. The van der Waals surface area contributed by atoms with Crippen LogP contribution in [0.4, 0.5) is 10.1 Å². The number of aryl methyl sites for hydroxylation is 1. The molecule has 0 aliphatic carbocycles. The summed E-state index contributed by atoms with van der Waals surface area (Å²) in [6.45, 7) is 1.81. The van der Waals surface area contributed by atoms with Gasteiger partial charge in [-0.05, 0) is 24.6 Å². The number of anilines is 1. The second kappa shape index (κ2) is 4.84. The second-order valence-corrected chi connectivity index (χ2v) is 4.77. The molecule has 0 spiro atoms. The van der Waals surface area contributed by atoms with Gasteiger partial charge in [-0.2, -0.15) is 0 Å². The average molecular weight is 240 g/mol. The second-order valence-electron chi connectivity index (χ2n) is 3.74. The van der Waals surface area contributed by atoms with E-state index in [-0.39, 0.29) is 23.5 Å². The van der Waals surface area contributed by atoms with Crippen LogP contribution < -0.4 is 10.6 Å². The molecule has 2 N–H and O–H groups in total. The van der Waals surface area contributed by atoms with Crippen LogP contribution in [0.5, 0.6) is 0 Å². The maximum absolute atomic E-state index is 13.5. The van der Waals surface area contributed by atoms with Gasteiger partial charge >= 0.3 is 0 Å². The molecule has 1 unspecified atom stereocenters. The first-order valence-corrected chi connectivity index (χ1v) is 6.20. The standard InChI is InChI=1S/C11H13FN2OS/c1-7-2-3-9(8(12)4-7)14-11(15)10-5-16-6-13-10/h2-4,10,13H,5-6H2,1H3,(H,14,15). The molecule has 3 nitrogen and oxygen atoms in total. The van der Waals surface area contributed by atoms with Crippen LogP contribution in [0.15, 0.2) is 18.2 Å². The van der Waals surface area contributed by atoms with Crippen molar-refractivity contribution in [2.45, 2.75) is 13.0 Å². The molecule has 1 saturated heterocycles. The molecule has 1 aliphatic rings. The van der Waals surface area contributed by atoms with Crippen molar-refractivity contribution in [3.8, 4) is 0 Å². The van der Waals surface area contributed by atoms with E-state index >= 15 is 0 Å². The van der Waals surface area contributed by atoms with Crippen molar-refractivity contribution in [1.29, 1.82) is 0 Å². The third-order valence-corrected chi connectivity index (χ3v) is 3.36. The molecule has 1 aromatic rings. The summed E-state index contributed by atoms with van der Waals surface area (Å²) in [5, 5.41) is 5.63. The lowest BCUT2D eigenvalue weighted by molar-refractivity contribution is -0.117. The molecular formula is C11H13FN2OS. The Kier molecular flexibility index (Phi) is 3.46. The quantitative estimate of drug-likeness (QED) is 0.827. The van der Waals surface area contributed by atoms with Crippen LogP contribution in [0.3, 0.4) is 0 Å². The molecule has 0 aromatic heterocycles. The number of halogens is 1. The van der Waals surface area contributed by atoms with Crippen LogP contribution in [-0.2, 0) is 4.79 Å². The van der Waals surface area contributed by atoms with Crippen LogP contribution >= 0.6 is 11.8 Å². The van der Waals surface area contributed by atoms with Crippen LogP contribution in [0.2, 0.25) is 0 Å². The van der Waals surface area contributed by atoms with E-state index in [2.05, 4.69) is 10.6 Å². The molecule has 0 radical (unpaired) electrons. The Labute approximate surface area is 97.8 Å². The number of benzene rings is 1. The lowest BCUT2D eigenvalue weighted by Gasteiger charge is -2.11. The number of rotatable bonds is 2. The molecular weight excluding hydrogens is 227 g/mol. The molecule has 5 heteroatoms. The van der Waals surface area contributed by atoms with Gasteiger partial charge in [0, 0.05) is 11.6 Å². The van der Waals surface area contributed by atoms with Crippen molar-refractivity contribution in [3.05, 3.63) is 29.6 Å². The van der Waals surface area contributed by atoms with Crippen molar-refractivity contribution in [2.75, 3.05) is 16.9 Å². The SMILES string of the molecule is Cc1ccc(NC(=O)C2CSCN2)c(F)c1. The largest absolute Gasteiger partial charge is 0.322 e. The molecule has 86 valence electrons. The minimum Gasteiger partial charge on any atom is -0.322 e. The minimum absolute atomic E-state index is 0.173. The lowest BCUT2D eigenvalue weighted by atomic mass is 10.2. The van der Waals surface area contributed by atoms with E-state index < -0.39 is 0 Å². The number of nitrogens with one attached hydrogen (secondary N) is 2. The monoisotopic (exact) mass is 240 g/mol. The lowest BCUT2D eigenvalue weighted by Crippen LogP contribution is -2.37. The van der Waals surface area contributed by atoms with E-state index in [1.165, 1.54) is 6.07 Å². The number of hydrogen-bond donors (Lipinski definition) is 2. The van der Waals surface area contributed by atoms with Gasteiger partial charge in [0.05, 0.1) is 11.7 Å². The first-order valence-electron chi connectivity index (χ1n) is 5.05. The van der Waals surface area contributed by atoms with Gasteiger partial charge in [0.1, 0.15) is 5.82 Å². The zero-order chi connectivity index (χ0) is 11.5. The summed E-state index contributed by atoms with van der Waals surface area (Å²) < 4.78 is 13.5. The summed E-state index contributed by atoms with van der Waals surface area (Å²) in [6.07, 6.45) is 0. The zero-order valence-corrected chi connectivity index (χ0v) is 9.73. The first kappa shape index (κ1) is 11.4. The predicted molar refractivity (Wildman–Crippen MR) is 64.0 cm³/mol. The molecule has 1 fully saturated rings. The Bertz CT molecular complexity index is 405. The Morgan fingerprint density at radius 1 is 1.62 bits per heavy atom. The van der Waals surface area contributed by atoms with Crippen molar-refractivity contribution in [1.82, 2.24) is 5.32 Å². The highest BCUT2D eigenvalue weighted by Crippen LogP contribution is 2.17. The van der Waals surface area contributed by atoms with E-state index in [0.717, 1.165) is 17.2 Å². The van der Waals surface area contributed by atoms with Crippen molar-refractivity contribution in [3.63, 3.8) is 0 Å². The molecule has 1 heterocycles. The molecule has 0 saturated carbocycles. The summed E-state index contributed by atoms with van der Waals surface area (Å²) in [4.78, 5) is 11.7. The van der Waals surface area contributed by atoms with Crippen molar-refractivity contribution in [2.24, 2.45) is 0 Å². The fourth-order valence-corrected chi connectivity index (χ4v) is 2.45. The zero-order valence-electron chi connectivity index (χ0n) is 8.92. The molecule has 1 atom stereocenters. The van der Waals surface area contributed by atoms with Gasteiger partial charge in [0.2, 0.25) is 5.91 Å². The van der Waals surface area contributed by atoms with Gasteiger partial charge in [-0.25, -0.2) is 4.39 Å². The van der Waals surface area contributed by atoms with Gasteiger partial charge in [-0.3, -0.25) is 10.1 Å². The molecule has 0 bridgehead atoms. The number of amides is 1. The normalized spacial score (nSPS) is 19.8. The maximum atomic E-state index is 13.5. The van der Waals surface area contributed by atoms with Crippen molar-refractivity contribution < 1.29 is 9.18 Å². The van der Waals surface area contributed by atoms with E-state index in [0.29, 0.717) is 0 Å². The molecule has 1 amide bonds.